The lowest BCUT2D eigenvalue weighted by molar-refractivity contribution is 0.483. The molecule has 20 heavy (non-hydrogen) atoms. The van der Waals surface area contributed by atoms with Crippen LogP contribution in [0.5, 0.6) is 11.5 Å². The summed E-state index contributed by atoms with van der Waals surface area (Å²) in [6, 6.07) is 9.66. The standard InChI is InChI=1S/C15H10BrFN2O/c16-12-7-9(17)1-3-15(12)20-14-4-2-13(18)11-8-19-6-5-10(11)14/h1-8H,18H2. The number of benzene rings is 2. The van der Waals surface area contributed by atoms with Crippen molar-refractivity contribution in [2.24, 2.45) is 0 Å². The van der Waals surface area contributed by atoms with Crippen LogP contribution in [0.2, 0.25) is 0 Å². The molecule has 0 aliphatic carbocycles. The highest BCUT2D eigenvalue weighted by Gasteiger charge is 2.09. The highest BCUT2D eigenvalue weighted by Crippen LogP contribution is 2.35. The summed E-state index contributed by atoms with van der Waals surface area (Å²) in [5.74, 6) is 0.855. The van der Waals surface area contributed by atoms with Gasteiger partial charge < -0.3 is 10.5 Å². The first-order valence-electron chi connectivity index (χ1n) is 5.90. The second kappa shape index (κ2) is 5.09. The summed E-state index contributed by atoms with van der Waals surface area (Å²) in [5.41, 5.74) is 6.55. The average molecular weight is 333 g/mol. The van der Waals surface area contributed by atoms with E-state index in [9.17, 15) is 4.39 Å². The fourth-order valence-electron chi connectivity index (χ4n) is 1.95. The number of anilines is 1. The highest BCUT2D eigenvalue weighted by molar-refractivity contribution is 9.10. The van der Waals surface area contributed by atoms with Crippen LogP contribution in [0.15, 0.2) is 53.3 Å². The summed E-state index contributed by atoms with van der Waals surface area (Å²) in [4.78, 5) is 4.06. The van der Waals surface area contributed by atoms with Crippen molar-refractivity contribution in [2.45, 2.75) is 0 Å². The molecule has 0 unspecified atom stereocenters. The summed E-state index contributed by atoms with van der Waals surface area (Å²) in [6.07, 6.45) is 3.37. The lowest BCUT2D eigenvalue weighted by Gasteiger charge is -2.11. The smallest absolute Gasteiger partial charge is 0.141 e. The Morgan fingerprint density at radius 3 is 2.65 bits per heavy atom. The molecule has 2 aromatic carbocycles. The van der Waals surface area contributed by atoms with Gasteiger partial charge in [-0.15, -0.1) is 0 Å². The van der Waals surface area contributed by atoms with Crippen molar-refractivity contribution in [3.63, 3.8) is 0 Å². The third kappa shape index (κ3) is 2.32. The number of nitrogens with two attached hydrogens (primary N) is 1. The molecule has 1 heterocycles. The Balaban J connectivity index is 2.09. The third-order valence-electron chi connectivity index (χ3n) is 2.93. The number of aromatic nitrogens is 1. The van der Waals surface area contributed by atoms with E-state index in [1.807, 2.05) is 6.07 Å². The SMILES string of the molecule is Nc1ccc(Oc2ccc(F)cc2Br)c2ccncc12. The molecule has 3 nitrogen and oxygen atoms in total. The van der Waals surface area contributed by atoms with Gasteiger partial charge >= 0.3 is 0 Å². The molecule has 0 aliphatic heterocycles. The monoisotopic (exact) mass is 332 g/mol. The number of pyridine rings is 1. The van der Waals surface area contributed by atoms with Gasteiger partial charge in [0.1, 0.15) is 17.3 Å². The van der Waals surface area contributed by atoms with Gasteiger partial charge in [-0.2, -0.15) is 0 Å². The molecule has 2 N–H and O–H groups in total. The zero-order valence-corrected chi connectivity index (χ0v) is 11.9. The van der Waals surface area contributed by atoms with Gasteiger partial charge in [-0.1, -0.05) is 0 Å². The molecule has 0 radical (unpaired) electrons. The molecule has 0 saturated carbocycles. The van der Waals surface area contributed by atoms with Crippen LogP contribution in [-0.4, -0.2) is 4.98 Å². The molecule has 0 aliphatic rings. The number of fused-ring (bicyclic) bond motifs is 1. The average Bonchev–Trinajstić information content (AvgIpc) is 2.45. The van der Waals surface area contributed by atoms with Crippen molar-refractivity contribution in [3.8, 4) is 11.5 Å². The largest absolute Gasteiger partial charge is 0.456 e. The third-order valence-corrected chi connectivity index (χ3v) is 3.55. The van der Waals surface area contributed by atoms with Gasteiger partial charge in [-0.05, 0) is 52.3 Å². The summed E-state index contributed by atoms with van der Waals surface area (Å²) < 4.78 is 19.5. The number of rotatable bonds is 2. The van der Waals surface area contributed by atoms with E-state index in [-0.39, 0.29) is 5.82 Å². The van der Waals surface area contributed by atoms with Crippen molar-refractivity contribution in [2.75, 3.05) is 5.73 Å². The van der Waals surface area contributed by atoms with Crippen LogP contribution in [0.3, 0.4) is 0 Å². The highest BCUT2D eigenvalue weighted by atomic mass is 79.9. The zero-order valence-electron chi connectivity index (χ0n) is 10.3. The Hall–Kier alpha value is -2.14. The normalized spacial score (nSPS) is 10.7. The van der Waals surface area contributed by atoms with Gasteiger partial charge in [-0.3, -0.25) is 4.98 Å². The van der Waals surface area contributed by atoms with Crippen LogP contribution in [0.4, 0.5) is 10.1 Å². The Labute approximate surface area is 123 Å². The summed E-state index contributed by atoms with van der Waals surface area (Å²) in [6.45, 7) is 0. The first-order valence-corrected chi connectivity index (χ1v) is 6.69. The van der Waals surface area contributed by atoms with Gasteiger partial charge in [0.2, 0.25) is 0 Å². The summed E-state index contributed by atoms with van der Waals surface area (Å²) in [7, 11) is 0. The Morgan fingerprint density at radius 2 is 1.85 bits per heavy atom. The molecule has 5 heteroatoms. The van der Waals surface area contributed by atoms with Gasteiger partial charge in [0.25, 0.3) is 0 Å². The second-order valence-electron chi connectivity index (χ2n) is 4.25. The predicted octanol–water partition coefficient (Wildman–Crippen LogP) is 4.51. The van der Waals surface area contributed by atoms with Gasteiger partial charge in [-0.25, -0.2) is 4.39 Å². The number of hydrogen-bond donors (Lipinski definition) is 1. The van der Waals surface area contributed by atoms with Gasteiger partial charge in [0.15, 0.2) is 0 Å². The molecular formula is C15H10BrFN2O. The van der Waals surface area contributed by atoms with Crippen molar-refractivity contribution < 1.29 is 9.13 Å². The van der Waals surface area contributed by atoms with Crippen LogP contribution >= 0.6 is 15.9 Å². The van der Waals surface area contributed by atoms with Crippen LogP contribution in [-0.2, 0) is 0 Å². The molecule has 3 aromatic rings. The fourth-order valence-corrected chi connectivity index (χ4v) is 2.38. The maximum absolute atomic E-state index is 13.1. The maximum atomic E-state index is 13.1. The van der Waals surface area contributed by atoms with E-state index in [0.29, 0.717) is 21.7 Å². The van der Waals surface area contributed by atoms with E-state index in [0.717, 1.165) is 10.8 Å². The Bertz CT molecular complexity index is 792. The topological polar surface area (TPSA) is 48.1 Å². The first-order chi connectivity index (χ1) is 9.65. The maximum Gasteiger partial charge on any atom is 0.141 e. The summed E-state index contributed by atoms with van der Waals surface area (Å²) >= 11 is 3.28. The van der Waals surface area contributed by atoms with Crippen LogP contribution in [0, 0.1) is 5.82 Å². The van der Waals surface area contributed by atoms with E-state index < -0.39 is 0 Å². The van der Waals surface area contributed by atoms with E-state index in [4.69, 9.17) is 10.5 Å². The second-order valence-corrected chi connectivity index (χ2v) is 5.11. The Kier molecular flexibility index (Phi) is 3.28. The molecule has 1 aromatic heterocycles. The summed E-state index contributed by atoms with van der Waals surface area (Å²) in [5, 5.41) is 1.68. The number of nitrogens with zero attached hydrogens (tertiary/aromatic N) is 1. The minimum Gasteiger partial charge on any atom is -0.456 e. The van der Waals surface area contributed by atoms with Gasteiger partial charge in [0, 0.05) is 28.9 Å². The zero-order chi connectivity index (χ0) is 14.1. The van der Waals surface area contributed by atoms with Crippen molar-refractivity contribution in [1.82, 2.24) is 4.98 Å². The van der Waals surface area contributed by atoms with E-state index >= 15 is 0 Å². The molecular weight excluding hydrogens is 323 g/mol. The van der Waals surface area contributed by atoms with Crippen molar-refractivity contribution in [1.29, 1.82) is 0 Å². The lowest BCUT2D eigenvalue weighted by atomic mass is 10.1. The number of hydrogen-bond acceptors (Lipinski definition) is 3. The number of halogens is 2. The molecule has 0 bridgehead atoms. The van der Waals surface area contributed by atoms with E-state index in [2.05, 4.69) is 20.9 Å². The molecule has 0 saturated heterocycles. The molecule has 100 valence electrons. The van der Waals surface area contributed by atoms with E-state index in [1.165, 1.54) is 12.1 Å². The minimum absolute atomic E-state index is 0.324. The van der Waals surface area contributed by atoms with E-state index in [1.54, 1.807) is 30.6 Å². The number of ether oxygens (including phenoxy) is 1. The quantitative estimate of drug-likeness (QED) is 0.702. The number of nitrogen functional groups attached to an aromatic ring is 1. The fraction of sp³-hybridized carbons (Fsp3) is 0. The molecule has 3 rings (SSSR count). The lowest BCUT2D eigenvalue weighted by Crippen LogP contribution is -1.92. The molecule has 0 atom stereocenters. The van der Waals surface area contributed by atoms with Crippen LogP contribution in [0.1, 0.15) is 0 Å². The minimum atomic E-state index is -0.324. The molecule has 0 spiro atoms. The van der Waals surface area contributed by atoms with Crippen LogP contribution in [0.25, 0.3) is 10.8 Å². The molecule has 0 fully saturated rings. The van der Waals surface area contributed by atoms with Crippen molar-refractivity contribution in [3.05, 3.63) is 59.1 Å². The predicted molar refractivity (Wildman–Crippen MR) is 80.3 cm³/mol. The van der Waals surface area contributed by atoms with Crippen LogP contribution < -0.4 is 10.5 Å². The first kappa shape index (κ1) is 12.9. The molecule has 0 amide bonds. The Morgan fingerprint density at radius 1 is 1.05 bits per heavy atom. The van der Waals surface area contributed by atoms with Crippen molar-refractivity contribution >= 4 is 32.4 Å². The van der Waals surface area contributed by atoms with Gasteiger partial charge in [0.05, 0.1) is 4.47 Å².